The number of aromatic nitrogens is 2. The molecule has 0 aliphatic carbocycles. The number of nitrogens with zero attached hydrogens (tertiary/aromatic N) is 2. The van der Waals surface area contributed by atoms with Crippen molar-refractivity contribution in [2.75, 3.05) is 0 Å². The van der Waals surface area contributed by atoms with Gasteiger partial charge < -0.3 is 9.47 Å². The number of ether oxygens (including phenoxy) is 2. The van der Waals surface area contributed by atoms with Crippen LogP contribution in [0.1, 0.15) is 18.2 Å². The topological polar surface area (TPSA) is 69.9 Å². The van der Waals surface area contributed by atoms with E-state index in [4.69, 9.17) is 9.47 Å². The Morgan fingerprint density at radius 2 is 2.21 bits per heavy atom. The lowest BCUT2D eigenvalue weighted by molar-refractivity contribution is -0.152. The van der Waals surface area contributed by atoms with Crippen molar-refractivity contribution in [3.8, 4) is 5.75 Å². The van der Waals surface area contributed by atoms with Gasteiger partial charge in [-0.25, -0.2) is 9.78 Å². The van der Waals surface area contributed by atoms with E-state index in [9.17, 15) is 9.59 Å². The fourth-order valence-electron chi connectivity index (χ4n) is 2.17. The van der Waals surface area contributed by atoms with Crippen LogP contribution in [0.25, 0.3) is 4.96 Å². The summed E-state index contributed by atoms with van der Waals surface area (Å²) < 4.78 is 12.2. The molecule has 0 fully saturated rings. The molecule has 6 nitrogen and oxygen atoms in total. The van der Waals surface area contributed by atoms with Gasteiger partial charge in [-0.05, 0) is 31.5 Å². The molecule has 0 unspecified atom stereocenters. The predicted molar refractivity (Wildman–Crippen MR) is 90.4 cm³/mol. The summed E-state index contributed by atoms with van der Waals surface area (Å²) in [6, 6.07) is 8.79. The first-order chi connectivity index (χ1) is 11.5. The minimum absolute atomic E-state index is 0.0655. The van der Waals surface area contributed by atoms with Crippen LogP contribution in [-0.4, -0.2) is 21.5 Å². The lowest BCUT2D eigenvalue weighted by Crippen LogP contribution is -2.26. The van der Waals surface area contributed by atoms with Gasteiger partial charge in [0.05, 0.1) is 5.69 Å². The van der Waals surface area contributed by atoms with E-state index in [0.29, 0.717) is 16.4 Å². The van der Waals surface area contributed by atoms with Gasteiger partial charge in [-0.15, -0.1) is 11.3 Å². The minimum atomic E-state index is -0.752. The fourth-order valence-corrected chi connectivity index (χ4v) is 2.90. The van der Waals surface area contributed by atoms with Crippen molar-refractivity contribution in [3.63, 3.8) is 0 Å². The zero-order valence-corrected chi connectivity index (χ0v) is 14.1. The highest BCUT2D eigenvalue weighted by atomic mass is 32.1. The van der Waals surface area contributed by atoms with E-state index >= 15 is 0 Å². The number of thiazole rings is 1. The summed E-state index contributed by atoms with van der Waals surface area (Å²) in [5, 5.41) is 1.78. The molecule has 1 atom stereocenters. The lowest BCUT2D eigenvalue weighted by Gasteiger charge is -2.14. The van der Waals surface area contributed by atoms with E-state index in [2.05, 4.69) is 4.98 Å². The highest BCUT2D eigenvalue weighted by molar-refractivity contribution is 7.15. The standard InChI is InChI=1S/C17H16N2O4S/c1-11-4-3-5-14(8-11)23-12(2)16(21)22-10-13-9-15(20)19-6-7-24-17(19)18-13/h3-9,12H,10H2,1-2H3/t12-/m1/s1. The molecule has 24 heavy (non-hydrogen) atoms. The Kier molecular flexibility index (Phi) is 4.61. The average molecular weight is 344 g/mol. The number of benzene rings is 1. The molecule has 0 amide bonds. The van der Waals surface area contributed by atoms with E-state index in [-0.39, 0.29) is 12.2 Å². The van der Waals surface area contributed by atoms with Crippen LogP contribution in [0.4, 0.5) is 0 Å². The monoisotopic (exact) mass is 344 g/mol. The molecule has 0 aliphatic heterocycles. The maximum Gasteiger partial charge on any atom is 0.347 e. The van der Waals surface area contributed by atoms with Crippen molar-refractivity contribution in [1.82, 2.24) is 9.38 Å². The number of carbonyl (C=O) groups is 1. The molecule has 0 aliphatic rings. The van der Waals surface area contributed by atoms with Gasteiger partial charge in [0.15, 0.2) is 11.1 Å². The van der Waals surface area contributed by atoms with Crippen molar-refractivity contribution in [2.24, 2.45) is 0 Å². The van der Waals surface area contributed by atoms with Crippen molar-refractivity contribution in [2.45, 2.75) is 26.6 Å². The summed E-state index contributed by atoms with van der Waals surface area (Å²) in [5.41, 5.74) is 1.26. The molecule has 0 saturated heterocycles. The smallest absolute Gasteiger partial charge is 0.347 e. The Balaban J connectivity index is 1.62. The summed E-state index contributed by atoms with van der Waals surface area (Å²) in [7, 11) is 0. The number of rotatable bonds is 5. The minimum Gasteiger partial charge on any atom is -0.479 e. The van der Waals surface area contributed by atoms with Gasteiger partial charge in [0.25, 0.3) is 5.56 Å². The Morgan fingerprint density at radius 3 is 3.00 bits per heavy atom. The van der Waals surface area contributed by atoms with Crippen LogP contribution in [0.3, 0.4) is 0 Å². The van der Waals surface area contributed by atoms with E-state index < -0.39 is 12.1 Å². The van der Waals surface area contributed by atoms with Crippen molar-refractivity contribution >= 4 is 22.3 Å². The third-order valence-electron chi connectivity index (χ3n) is 3.35. The molecule has 2 aromatic heterocycles. The second kappa shape index (κ2) is 6.84. The first kappa shape index (κ1) is 16.2. The number of hydrogen-bond donors (Lipinski definition) is 0. The van der Waals surface area contributed by atoms with Crippen LogP contribution in [-0.2, 0) is 16.1 Å². The fraction of sp³-hybridized carbons (Fsp3) is 0.235. The van der Waals surface area contributed by atoms with E-state index in [0.717, 1.165) is 5.56 Å². The van der Waals surface area contributed by atoms with Gasteiger partial charge in [-0.3, -0.25) is 9.20 Å². The number of esters is 1. The second-order valence-corrected chi connectivity index (χ2v) is 6.20. The summed E-state index contributed by atoms with van der Waals surface area (Å²) in [6.45, 7) is 3.50. The first-order valence-corrected chi connectivity index (χ1v) is 8.26. The molecule has 3 aromatic rings. The Labute approximate surface area is 142 Å². The normalized spacial score (nSPS) is 12.1. The second-order valence-electron chi connectivity index (χ2n) is 5.33. The number of fused-ring (bicyclic) bond motifs is 1. The van der Waals surface area contributed by atoms with Crippen LogP contribution >= 0.6 is 11.3 Å². The first-order valence-electron chi connectivity index (χ1n) is 7.38. The molecule has 3 rings (SSSR count). The van der Waals surface area contributed by atoms with Crippen LogP contribution in [0.2, 0.25) is 0 Å². The highest BCUT2D eigenvalue weighted by Crippen LogP contribution is 2.15. The Bertz CT molecular complexity index is 931. The van der Waals surface area contributed by atoms with Crippen LogP contribution < -0.4 is 10.3 Å². The van der Waals surface area contributed by atoms with Crippen molar-refractivity contribution in [1.29, 1.82) is 0 Å². The van der Waals surface area contributed by atoms with E-state index in [1.54, 1.807) is 24.6 Å². The van der Waals surface area contributed by atoms with Gasteiger partial charge in [0, 0.05) is 17.6 Å². The summed E-state index contributed by atoms with van der Waals surface area (Å²) in [5.74, 6) is 0.0977. The highest BCUT2D eigenvalue weighted by Gasteiger charge is 2.17. The molecule has 0 N–H and O–H groups in total. The third-order valence-corrected chi connectivity index (χ3v) is 4.11. The molecule has 0 bridgehead atoms. The third kappa shape index (κ3) is 3.62. The summed E-state index contributed by atoms with van der Waals surface area (Å²) in [6.07, 6.45) is 0.904. The maximum atomic E-state index is 12.0. The quantitative estimate of drug-likeness (QED) is 0.665. The Morgan fingerprint density at radius 1 is 1.38 bits per heavy atom. The average Bonchev–Trinajstić information content (AvgIpc) is 3.01. The molecular weight excluding hydrogens is 328 g/mol. The van der Waals surface area contributed by atoms with Crippen molar-refractivity contribution < 1.29 is 14.3 Å². The van der Waals surface area contributed by atoms with Crippen LogP contribution in [0.5, 0.6) is 5.75 Å². The van der Waals surface area contributed by atoms with E-state index in [1.165, 1.54) is 21.8 Å². The summed E-state index contributed by atoms with van der Waals surface area (Å²) in [4.78, 5) is 28.8. The van der Waals surface area contributed by atoms with Gasteiger partial charge in [0.2, 0.25) is 0 Å². The number of aryl methyl sites for hydroxylation is 1. The molecule has 0 saturated carbocycles. The molecule has 0 radical (unpaired) electrons. The van der Waals surface area contributed by atoms with Crippen LogP contribution in [0, 0.1) is 6.92 Å². The van der Waals surface area contributed by atoms with Gasteiger partial charge >= 0.3 is 5.97 Å². The zero-order chi connectivity index (χ0) is 17.1. The van der Waals surface area contributed by atoms with Gasteiger partial charge in [0.1, 0.15) is 12.4 Å². The molecule has 7 heteroatoms. The molecule has 2 heterocycles. The zero-order valence-electron chi connectivity index (χ0n) is 13.3. The number of carbonyl (C=O) groups excluding carboxylic acids is 1. The molecule has 124 valence electrons. The predicted octanol–water partition coefficient (Wildman–Crippen LogP) is 2.58. The van der Waals surface area contributed by atoms with Crippen molar-refractivity contribution in [3.05, 3.63) is 63.5 Å². The van der Waals surface area contributed by atoms with Gasteiger partial charge in [-0.1, -0.05) is 12.1 Å². The molecule has 1 aromatic carbocycles. The lowest BCUT2D eigenvalue weighted by atomic mass is 10.2. The maximum absolute atomic E-state index is 12.0. The largest absolute Gasteiger partial charge is 0.479 e. The molecular formula is C17H16N2O4S. The van der Waals surface area contributed by atoms with Crippen LogP contribution in [0.15, 0.2) is 46.7 Å². The number of hydrogen-bond acceptors (Lipinski definition) is 6. The van der Waals surface area contributed by atoms with Gasteiger partial charge in [-0.2, -0.15) is 0 Å². The summed E-state index contributed by atoms with van der Waals surface area (Å²) >= 11 is 1.35. The Hall–Kier alpha value is -2.67. The van der Waals surface area contributed by atoms with E-state index in [1.807, 2.05) is 25.1 Å². The SMILES string of the molecule is Cc1cccc(O[C@H](C)C(=O)OCc2cc(=O)n3ccsc3n2)c1. The molecule has 0 spiro atoms.